The minimum Gasteiger partial charge on any atom is -0.363 e. The van der Waals surface area contributed by atoms with Gasteiger partial charge in [0.05, 0.1) is 11.4 Å². The molecule has 0 bridgehead atoms. The van der Waals surface area contributed by atoms with Crippen molar-refractivity contribution in [2.24, 2.45) is 0 Å². The molecule has 2 heterocycles. The van der Waals surface area contributed by atoms with Crippen molar-refractivity contribution in [3.8, 4) is 0 Å². The minimum absolute atomic E-state index is 0.0794. The number of hydrogen-bond donors (Lipinski definition) is 4. The predicted octanol–water partition coefficient (Wildman–Crippen LogP) is -0.279. The molecule has 104 valence electrons. The monoisotopic (exact) mass is 284 g/mol. The lowest BCUT2D eigenvalue weighted by Gasteiger charge is -2.02. The molecule has 9 heteroatoms. The second-order valence-electron chi connectivity index (χ2n) is 3.90. The van der Waals surface area contributed by atoms with Gasteiger partial charge in [-0.1, -0.05) is 6.92 Å². The van der Waals surface area contributed by atoms with E-state index in [0.29, 0.717) is 12.4 Å². The number of H-pyrrole nitrogens is 2. The Morgan fingerprint density at radius 2 is 2.21 bits per heavy atom. The second kappa shape index (κ2) is 5.95. The fraction of sp³-hybridized carbons (Fsp3) is 0.400. The Bertz CT molecular complexity index is 604. The molecule has 0 fully saturated rings. The van der Waals surface area contributed by atoms with Crippen molar-refractivity contribution in [1.82, 2.24) is 30.2 Å². The summed E-state index contributed by atoms with van der Waals surface area (Å²) in [5, 5.41) is 9.35. The lowest BCUT2D eigenvalue weighted by molar-refractivity contribution is 0.579. The number of aromatic amines is 2. The maximum atomic E-state index is 12.0. The van der Waals surface area contributed by atoms with Gasteiger partial charge >= 0.3 is 0 Å². The first kappa shape index (κ1) is 13.7. The summed E-state index contributed by atoms with van der Waals surface area (Å²) in [7, 11) is -3.54. The molecule has 0 spiro atoms. The molecule has 0 saturated carbocycles. The summed E-state index contributed by atoms with van der Waals surface area (Å²) in [6.45, 7) is 3.49. The van der Waals surface area contributed by atoms with Gasteiger partial charge in [-0.05, 0) is 12.6 Å². The average Bonchev–Trinajstić information content (AvgIpc) is 3.05. The summed E-state index contributed by atoms with van der Waals surface area (Å²) in [6.07, 6.45) is 2.80. The van der Waals surface area contributed by atoms with Gasteiger partial charge in [-0.2, -0.15) is 5.10 Å². The first-order valence-electron chi connectivity index (χ1n) is 5.83. The normalized spacial score (nSPS) is 11.8. The van der Waals surface area contributed by atoms with Gasteiger partial charge in [-0.25, -0.2) is 18.1 Å². The lowest BCUT2D eigenvalue weighted by Crippen LogP contribution is -2.23. The summed E-state index contributed by atoms with van der Waals surface area (Å²) in [4.78, 5) is 6.98. The van der Waals surface area contributed by atoms with Crippen molar-refractivity contribution in [2.75, 3.05) is 6.54 Å². The topological polar surface area (TPSA) is 116 Å². The molecule has 0 unspecified atom stereocenters. The van der Waals surface area contributed by atoms with Gasteiger partial charge < -0.3 is 10.3 Å². The third-order valence-corrected chi connectivity index (χ3v) is 3.87. The molecule has 0 amide bonds. The molecule has 0 aliphatic heterocycles. The Labute approximate surface area is 111 Å². The molecule has 19 heavy (non-hydrogen) atoms. The van der Waals surface area contributed by atoms with Gasteiger partial charge in [0, 0.05) is 18.4 Å². The second-order valence-corrected chi connectivity index (χ2v) is 5.66. The fourth-order valence-electron chi connectivity index (χ4n) is 1.50. The highest BCUT2D eigenvalue weighted by molar-refractivity contribution is 7.89. The van der Waals surface area contributed by atoms with Gasteiger partial charge in [-0.15, -0.1) is 0 Å². The van der Waals surface area contributed by atoms with E-state index < -0.39 is 10.0 Å². The van der Waals surface area contributed by atoms with E-state index >= 15 is 0 Å². The zero-order valence-corrected chi connectivity index (χ0v) is 11.3. The van der Waals surface area contributed by atoms with E-state index in [9.17, 15) is 8.42 Å². The van der Waals surface area contributed by atoms with E-state index in [2.05, 4.69) is 30.2 Å². The number of rotatable bonds is 7. The van der Waals surface area contributed by atoms with Gasteiger partial charge in [0.25, 0.3) is 0 Å². The summed E-state index contributed by atoms with van der Waals surface area (Å²) >= 11 is 0. The number of hydrogen-bond acceptors (Lipinski definition) is 5. The Kier molecular flexibility index (Phi) is 4.30. The highest BCUT2D eigenvalue weighted by Crippen LogP contribution is 2.10. The fourth-order valence-corrected chi connectivity index (χ4v) is 2.50. The molecule has 8 nitrogen and oxygen atoms in total. The van der Waals surface area contributed by atoms with Crippen molar-refractivity contribution in [2.45, 2.75) is 24.9 Å². The first-order chi connectivity index (χ1) is 9.12. The standard InChI is InChI=1S/C10H16N6O2S/c1-2-11-4-8-3-9(5-12-8)19(17,18)15-6-10-13-7-14-16-10/h3,5,7,11-12,15H,2,4,6H2,1H3,(H,13,14,16). The Morgan fingerprint density at radius 1 is 1.37 bits per heavy atom. The third kappa shape index (κ3) is 3.63. The van der Waals surface area contributed by atoms with Gasteiger partial charge in [0.1, 0.15) is 12.2 Å². The maximum Gasteiger partial charge on any atom is 0.242 e. The number of nitrogens with one attached hydrogen (secondary N) is 4. The molecule has 0 atom stereocenters. The molecule has 4 N–H and O–H groups in total. The SMILES string of the molecule is CCNCc1cc(S(=O)(=O)NCc2ncn[nH]2)c[nH]1. The highest BCUT2D eigenvalue weighted by atomic mass is 32.2. The van der Waals surface area contributed by atoms with Crippen LogP contribution in [0.15, 0.2) is 23.5 Å². The average molecular weight is 284 g/mol. The molecule has 0 aliphatic carbocycles. The van der Waals surface area contributed by atoms with Crippen LogP contribution in [0.25, 0.3) is 0 Å². The minimum atomic E-state index is -3.54. The van der Waals surface area contributed by atoms with Crippen LogP contribution < -0.4 is 10.0 Å². The molecule has 0 radical (unpaired) electrons. The molecule has 0 aromatic carbocycles. The Morgan fingerprint density at radius 3 is 2.89 bits per heavy atom. The van der Waals surface area contributed by atoms with Crippen molar-refractivity contribution >= 4 is 10.0 Å². The Balaban J connectivity index is 2.00. The maximum absolute atomic E-state index is 12.0. The smallest absolute Gasteiger partial charge is 0.242 e. The van der Waals surface area contributed by atoms with Crippen LogP contribution in [0.5, 0.6) is 0 Å². The Hall–Kier alpha value is -1.71. The van der Waals surface area contributed by atoms with Gasteiger partial charge in [0.2, 0.25) is 10.0 Å². The van der Waals surface area contributed by atoms with Crippen LogP contribution >= 0.6 is 0 Å². The molecule has 0 saturated heterocycles. The molecular formula is C10H16N6O2S. The molecule has 2 aromatic rings. The van der Waals surface area contributed by atoms with Crippen molar-refractivity contribution < 1.29 is 8.42 Å². The van der Waals surface area contributed by atoms with Crippen molar-refractivity contribution in [3.63, 3.8) is 0 Å². The van der Waals surface area contributed by atoms with Crippen LogP contribution in [0.3, 0.4) is 0 Å². The molecule has 2 aromatic heterocycles. The van der Waals surface area contributed by atoms with Crippen molar-refractivity contribution in [1.29, 1.82) is 0 Å². The molecule has 2 rings (SSSR count). The number of nitrogens with zero attached hydrogens (tertiary/aromatic N) is 2. The van der Waals surface area contributed by atoms with Crippen LogP contribution in [0.4, 0.5) is 0 Å². The van der Waals surface area contributed by atoms with E-state index in [0.717, 1.165) is 12.2 Å². The van der Waals surface area contributed by atoms with E-state index in [1.165, 1.54) is 12.5 Å². The summed E-state index contributed by atoms with van der Waals surface area (Å²) < 4.78 is 26.4. The van der Waals surface area contributed by atoms with Crippen molar-refractivity contribution in [3.05, 3.63) is 30.1 Å². The van der Waals surface area contributed by atoms with E-state index in [4.69, 9.17) is 0 Å². The van der Waals surface area contributed by atoms with E-state index in [1.807, 2.05) is 6.92 Å². The van der Waals surface area contributed by atoms with E-state index in [-0.39, 0.29) is 11.4 Å². The van der Waals surface area contributed by atoms with Crippen LogP contribution in [-0.2, 0) is 23.1 Å². The van der Waals surface area contributed by atoms with Gasteiger partial charge in [0.15, 0.2) is 0 Å². The van der Waals surface area contributed by atoms with Crippen LogP contribution in [0.2, 0.25) is 0 Å². The summed E-state index contributed by atoms with van der Waals surface area (Å²) in [6, 6.07) is 1.60. The summed E-state index contributed by atoms with van der Waals surface area (Å²) in [5.41, 5.74) is 0.821. The largest absolute Gasteiger partial charge is 0.363 e. The molecule has 0 aliphatic rings. The van der Waals surface area contributed by atoms with Crippen LogP contribution in [0, 0.1) is 0 Å². The molecular weight excluding hydrogens is 268 g/mol. The predicted molar refractivity (Wildman–Crippen MR) is 68.6 cm³/mol. The van der Waals surface area contributed by atoms with Gasteiger partial charge in [-0.3, -0.25) is 5.10 Å². The van der Waals surface area contributed by atoms with E-state index in [1.54, 1.807) is 6.07 Å². The highest BCUT2D eigenvalue weighted by Gasteiger charge is 2.16. The quantitative estimate of drug-likeness (QED) is 0.558. The zero-order chi connectivity index (χ0) is 13.7. The van der Waals surface area contributed by atoms with Crippen LogP contribution in [-0.4, -0.2) is 35.1 Å². The zero-order valence-electron chi connectivity index (χ0n) is 10.5. The number of aromatic nitrogens is 4. The van der Waals surface area contributed by atoms with Crippen LogP contribution in [0.1, 0.15) is 18.4 Å². The lowest BCUT2D eigenvalue weighted by atomic mass is 10.4. The number of sulfonamides is 1. The first-order valence-corrected chi connectivity index (χ1v) is 7.32. The summed E-state index contributed by atoms with van der Waals surface area (Å²) in [5.74, 6) is 0.465. The third-order valence-electron chi connectivity index (χ3n) is 2.49.